The first-order valence-corrected chi connectivity index (χ1v) is 6.41. The number of aromatic nitrogens is 2. The molecule has 2 rings (SSSR count). The van der Waals surface area contributed by atoms with Crippen molar-refractivity contribution < 1.29 is 14.6 Å². The average Bonchev–Trinajstić information content (AvgIpc) is 2.38. The van der Waals surface area contributed by atoms with Crippen LogP contribution < -0.4 is 4.90 Å². The van der Waals surface area contributed by atoms with Gasteiger partial charge in [-0.15, -0.1) is 0 Å². The number of anilines is 1. The largest absolute Gasteiger partial charge is 0.481 e. The van der Waals surface area contributed by atoms with Crippen LogP contribution in [0.4, 0.5) is 5.82 Å². The van der Waals surface area contributed by atoms with Crippen molar-refractivity contribution in [3.63, 3.8) is 0 Å². The lowest BCUT2D eigenvalue weighted by Gasteiger charge is -2.31. The van der Waals surface area contributed by atoms with Gasteiger partial charge in [-0.25, -0.2) is 9.97 Å². The maximum absolute atomic E-state index is 11.1. The van der Waals surface area contributed by atoms with Crippen molar-refractivity contribution in [2.75, 3.05) is 25.1 Å². The molecule has 0 aliphatic carbocycles. The van der Waals surface area contributed by atoms with Crippen LogP contribution in [0.3, 0.4) is 0 Å². The zero-order chi connectivity index (χ0) is 13.8. The number of aryl methyl sites for hydroxylation is 1. The zero-order valence-corrected chi connectivity index (χ0v) is 11.3. The smallest absolute Gasteiger partial charge is 0.308 e. The van der Waals surface area contributed by atoms with E-state index in [4.69, 9.17) is 9.84 Å². The Morgan fingerprint density at radius 3 is 3.05 bits per heavy atom. The van der Waals surface area contributed by atoms with Crippen LogP contribution in [0.5, 0.6) is 0 Å². The molecular formula is C13H19N3O3. The summed E-state index contributed by atoms with van der Waals surface area (Å²) in [6, 6.07) is 1.88. The maximum atomic E-state index is 11.1. The summed E-state index contributed by atoms with van der Waals surface area (Å²) in [5.41, 5.74) is 0.822. The number of rotatable bonds is 4. The van der Waals surface area contributed by atoms with E-state index in [-0.39, 0.29) is 5.92 Å². The lowest BCUT2D eigenvalue weighted by Crippen LogP contribution is -2.39. The fourth-order valence-corrected chi connectivity index (χ4v) is 2.38. The maximum Gasteiger partial charge on any atom is 0.308 e. The molecule has 1 atom stereocenters. The van der Waals surface area contributed by atoms with Crippen molar-refractivity contribution >= 4 is 11.8 Å². The number of ether oxygens (including phenoxy) is 1. The highest BCUT2D eigenvalue weighted by atomic mass is 16.5. The van der Waals surface area contributed by atoms with E-state index in [2.05, 4.69) is 9.97 Å². The first-order chi connectivity index (χ1) is 9.10. The van der Waals surface area contributed by atoms with Crippen LogP contribution in [0.25, 0.3) is 0 Å². The molecular weight excluding hydrogens is 246 g/mol. The van der Waals surface area contributed by atoms with E-state index >= 15 is 0 Å². The topological polar surface area (TPSA) is 75.5 Å². The number of carboxylic acid groups (broad SMARTS) is 1. The average molecular weight is 265 g/mol. The minimum absolute atomic E-state index is 0.310. The second kappa shape index (κ2) is 5.97. The summed E-state index contributed by atoms with van der Waals surface area (Å²) in [5, 5.41) is 9.12. The van der Waals surface area contributed by atoms with Gasteiger partial charge in [-0.2, -0.15) is 0 Å². The fraction of sp³-hybridized carbons (Fsp3) is 0.615. The van der Waals surface area contributed by atoms with E-state index in [1.165, 1.54) is 0 Å². The molecule has 6 heteroatoms. The van der Waals surface area contributed by atoms with Crippen molar-refractivity contribution in [2.24, 2.45) is 5.92 Å². The molecule has 6 nitrogen and oxygen atoms in total. The molecule has 1 aromatic heterocycles. The summed E-state index contributed by atoms with van der Waals surface area (Å²) >= 11 is 0. The van der Waals surface area contributed by atoms with Gasteiger partial charge in [0, 0.05) is 26.3 Å². The number of hydrogen-bond donors (Lipinski definition) is 1. The van der Waals surface area contributed by atoms with Gasteiger partial charge in [0.1, 0.15) is 11.6 Å². The monoisotopic (exact) mass is 265 g/mol. The quantitative estimate of drug-likeness (QED) is 0.882. The van der Waals surface area contributed by atoms with Crippen molar-refractivity contribution in [1.29, 1.82) is 0 Å². The van der Waals surface area contributed by atoms with Gasteiger partial charge in [-0.1, -0.05) is 0 Å². The van der Waals surface area contributed by atoms with Crippen molar-refractivity contribution in [2.45, 2.75) is 26.4 Å². The SMILES string of the molecule is COCc1cc(N2CCCC(C(=O)O)C2)nc(C)n1. The number of aliphatic carboxylic acids is 1. The summed E-state index contributed by atoms with van der Waals surface area (Å²) in [6.07, 6.45) is 1.61. The zero-order valence-electron chi connectivity index (χ0n) is 11.3. The van der Waals surface area contributed by atoms with Crippen LogP contribution in [0.2, 0.25) is 0 Å². The van der Waals surface area contributed by atoms with Crippen LogP contribution in [0.1, 0.15) is 24.4 Å². The molecule has 0 aromatic carbocycles. The summed E-state index contributed by atoms with van der Waals surface area (Å²) in [6.45, 7) is 3.62. The Labute approximate surface area is 112 Å². The first-order valence-electron chi connectivity index (χ1n) is 6.41. The van der Waals surface area contributed by atoms with Crippen LogP contribution in [-0.4, -0.2) is 41.2 Å². The summed E-state index contributed by atoms with van der Waals surface area (Å²) in [5.74, 6) is 0.440. The van der Waals surface area contributed by atoms with Gasteiger partial charge in [-0.05, 0) is 19.8 Å². The van der Waals surface area contributed by atoms with E-state index in [0.29, 0.717) is 19.0 Å². The van der Waals surface area contributed by atoms with Gasteiger partial charge in [0.25, 0.3) is 0 Å². The van der Waals surface area contributed by atoms with Crippen LogP contribution in [0.15, 0.2) is 6.07 Å². The Morgan fingerprint density at radius 1 is 1.58 bits per heavy atom. The normalized spacial score (nSPS) is 19.5. The number of piperidine rings is 1. The molecule has 0 bridgehead atoms. The van der Waals surface area contributed by atoms with Crippen molar-refractivity contribution in [3.8, 4) is 0 Å². The van der Waals surface area contributed by atoms with E-state index in [9.17, 15) is 4.79 Å². The molecule has 19 heavy (non-hydrogen) atoms. The minimum atomic E-state index is -0.729. The molecule has 1 saturated heterocycles. The predicted octanol–water partition coefficient (Wildman–Crippen LogP) is 1.23. The third kappa shape index (κ3) is 3.41. The highest BCUT2D eigenvalue weighted by Crippen LogP contribution is 2.22. The summed E-state index contributed by atoms with van der Waals surface area (Å²) in [7, 11) is 1.62. The molecule has 0 spiro atoms. The van der Waals surface area contributed by atoms with Gasteiger partial charge in [0.05, 0.1) is 18.2 Å². The van der Waals surface area contributed by atoms with E-state index in [0.717, 1.165) is 30.9 Å². The van der Waals surface area contributed by atoms with Crippen molar-refractivity contribution in [3.05, 3.63) is 17.6 Å². The molecule has 104 valence electrons. The lowest BCUT2D eigenvalue weighted by molar-refractivity contribution is -0.141. The molecule has 0 amide bonds. The van der Waals surface area contributed by atoms with Crippen molar-refractivity contribution in [1.82, 2.24) is 9.97 Å². The van der Waals surface area contributed by atoms with Crippen LogP contribution >= 0.6 is 0 Å². The third-order valence-electron chi connectivity index (χ3n) is 3.26. The van der Waals surface area contributed by atoms with Gasteiger partial charge in [0.15, 0.2) is 0 Å². The molecule has 1 N–H and O–H groups in total. The van der Waals surface area contributed by atoms with Crippen LogP contribution in [0, 0.1) is 12.8 Å². The van der Waals surface area contributed by atoms with Gasteiger partial charge < -0.3 is 14.7 Å². The number of carboxylic acids is 1. The van der Waals surface area contributed by atoms with E-state index in [1.54, 1.807) is 7.11 Å². The second-order valence-electron chi connectivity index (χ2n) is 4.82. The highest BCUT2D eigenvalue weighted by molar-refractivity contribution is 5.71. The summed E-state index contributed by atoms with van der Waals surface area (Å²) < 4.78 is 5.08. The number of nitrogens with zero attached hydrogens (tertiary/aromatic N) is 3. The molecule has 1 unspecified atom stereocenters. The summed E-state index contributed by atoms with van der Waals surface area (Å²) in [4.78, 5) is 21.8. The Balaban J connectivity index is 2.18. The Kier molecular flexibility index (Phi) is 4.31. The number of hydrogen-bond acceptors (Lipinski definition) is 5. The first kappa shape index (κ1) is 13.7. The number of carbonyl (C=O) groups is 1. The molecule has 1 aromatic rings. The predicted molar refractivity (Wildman–Crippen MR) is 70.1 cm³/mol. The minimum Gasteiger partial charge on any atom is -0.481 e. The highest BCUT2D eigenvalue weighted by Gasteiger charge is 2.26. The molecule has 1 aliphatic rings. The van der Waals surface area contributed by atoms with Gasteiger partial charge in [0.2, 0.25) is 0 Å². The lowest BCUT2D eigenvalue weighted by atomic mass is 9.98. The second-order valence-corrected chi connectivity index (χ2v) is 4.82. The molecule has 1 aliphatic heterocycles. The Bertz CT molecular complexity index is 464. The molecule has 0 saturated carbocycles. The van der Waals surface area contributed by atoms with Crippen LogP contribution in [-0.2, 0) is 16.1 Å². The molecule has 0 radical (unpaired) electrons. The fourth-order valence-electron chi connectivity index (χ4n) is 2.38. The molecule has 2 heterocycles. The van der Waals surface area contributed by atoms with E-state index < -0.39 is 5.97 Å². The third-order valence-corrected chi connectivity index (χ3v) is 3.26. The van der Waals surface area contributed by atoms with E-state index in [1.807, 2.05) is 17.9 Å². The molecule has 1 fully saturated rings. The number of methoxy groups -OCH3 is 1. The standard InChI is InChI=1S/C13H19N3O3/c1-9-14-11(8-19-2)6-12(15-9)16-5-3-4-10(7-16)13(17)18/h6,10H,3-5,7-8H2,1-2H3,(H,17,18). The van der Waals surface area contributed by atoms with Gasteiger partial charge >= 0.3 is 5.97 Å². The Hall–Kier alpha value is -1.69. The Morgan fingerprint density at radius 2 is 2.37 bits per heavy atom. The van der Waals surface area contributed by atoms with Gasteiger partial charge in [-0.3, -0.25) is 4.79 Å².